The first-order valence-corrected chi connectivity index (χ1v) is 6.19. The molecule has 104 valence electrons. The van der Waals surface area contributed by atoms with Gasteiger partial charge in [-0.25, -0.2) is 0 Å². The van der Waals surface area contributed by atoms with Crippen LogP contribution in [0.25, 0.3) is 0 Å². The van der Waals surface area contributed by atoms with Crippen molar-refractivity contribution in [1.29, 1.82) is 5.26 Å². The Hall–Kier alpha value is -2.78. The zero-order valence-corrected chi connectivity index (χ0v) is 11.3. The number of hydrogen-bond acceptors (Lipinski definition) is 5. The van der Waals surface area contributed by atoms with E-state index in [1.54, 1.807) is 12.1 Å². The number of rotatable bonds is 4. The largest absolute Gasteiger partial charge is 0.292 e. The SMILES string of the molecule is N#CC(C(=O)c1cc(Cl)cc([N+](=O)[O-])c1)c1cccnc1. The third-order valence-corrected chi connectivity index (χ3v) is 3.01. The number of nitrogens with zero attached hydrogens (tertiary/aromatic N) is 3. The minimum absolute atomic E-state index is 0.0182. The number of ketones is 1. The monoisotopic (exact) mass is 301 g/mol. The molecule has 0 aliphatic rings. The van der Waals surface area contributed by atoms with Crippen LogP contribution < -0.4 is 0 Å². The van der Waals surface area contributed by atoms with Crippen molar-refractivity contribution in [2.24, 2.45) is 0 Å². The van der Waals surface area contributed by atoms with E-state index in [1.807, 2.05) is 6.07 Å². The Kier molecular flexibility index (Phi) is 4.26. The zero-order chi connectivity index (χ0) is 15.4. The van der Waals surface area contributed by atoms with Gasteiger partial charge in [-0.3, -0.25) is 19.9 Å². The van der Waals surface area contributed by atoms with Gasteiger partial charge in [-0.15, -0.1) is 0 Å². The topological polar surface area (TPSA) is 96.9 Å². The molecule has 6 nitrogen and oxygen atoms in total. The summed E-state index contributed by atoms with van der Waals surface area (Å²) in [7, 11) is 0. The van der Waals surface area contributed by atoms with Crippen molar-refractivity contribution in [2.75, 3.05) is 0 Å². The minimum atomic E-state index is -1.09. The first-order valence-electron chi connectivity index (χ1n) is 5.81. The Morgan fingerprint density at radius 1 is 1.43 bits per heavy atom. The third-order valence-electron chi connectivity index (χ3n) is 2.79. The lowest BCUT2D eigenvalue weighted by Gasteiger charge is -2.08. The number of non-ortho nitro benzene ring substituents is 1. The molecule has 0 amide bonds. The van der Waals surface area contributed by atoms with Gasteiger partial charge in [0.1, 0.15) is 5.92 Å². The molecule has 0 aliphatic heterocycles. The molecule has 0 radical (unpaired) electrons. The number of nitro benzene ring substituents is 1. The molecular formula is C14H8ClN3O3. The van der Waals surface area contributed by atoms with Gasteiger partial charge in [-0.2, -0.15) is 5.26 Å². The summed E-state index contributed by atoms with van der Waals surface area (Å²) >= 11 is 5.78. The van der Waals surface area contributed by atoms with E-state index in [1.165, 1.54) is 18.5 Å². The molecule has 1 aromatic carbocycles. The Labute approximate surface area is 124 Å². The first-order chi connectivity index (χ1) is 10.0. The molecule has 0 N–H and O–H groups in total. The number of carbonyl (C=O) groups excluding carboxylic acids is 1. The average molecular weight is 302 g/mol. The van der Waals surface area contributed by atoms with Crippen molar-refractivity contribution in [2.45, 2.75) is 5.92 Å². The molecule has 2 rings (SSSR count). The molecule has 1 atom stereocenters. The second-order valence-electron chi connectivity index (χ2n) is 4.17. The lowest BCUT2D eigenvalue weighted by atomic mass is 9.93. The molecule has 7 heteroatoms. The fraction of sp³-hybridized carbons (Fsp3) is 0.0714. The molecule has 1 unspecified atom stereocenters. The van der Waals surface area contributed by atoms with Crippen LogP contribution in [0.5, 0.6) is 0 Å². The quantitative estimate of drug-likeness (QED) is 0.491. The van der Waals surface area contributed by atoms with Crippen molar-refractivity contribution in [1.82, 2.24) is 4.98 Å². The van der Waals surface area contributed by atoms with E-state index in [9.17, 15) is 20.2 Å². The van der Waals surface area contributed by atoms with Gasteiger partial charge in [0, 0.05) is 35.1 Å². The van der Waals surface area contributed by atoms with Crippen LogP contribution in [-0.2, 0) is 0 Å². The van der Waals surface area contributed by atoms with E-state index in [0.29, 0.717) is 5.56 Å². The summed E-state index contributed by atoms with van der Waals surface area (Å²) in [5.41, 5.74) is 0.144. The number of hydrogen-bond donors (Lipinski definition) is 0. The molecule has 0 fully saturated rings. The highest BCUT2D eigenvalue weighted by atomic mass is 35.5. The summed E-state index contributed by atoms with van der Waals surface area (Å²) in [4.78, 5) is 26.4. The van der Waals surface area contributed by atoms with Gasteiger partial charge in [0.2, 0.25) is 0 Å². The maximum atomic E-state index is 12.4. The van der Waals surface area contributed by atoms with Gasteiger partial charge >= 0.3 is 0 Å². The standard InChI is InChI=1S/C14H8ClN3O3/c15-11-4-10(5-12(6-11)18(20)21)14(19)13(7-16)9-2-1-3-17-8-9/h1-6,8,13H. The average Bonchev–Trinajstić information content (AvgIpc) is 2.48. The molecule has 0 bridgehead atoms. The first kappa shape index (κ1) is 14.6. The summed E-state index contributed by atoms with van der Waals surface area (Å²) in [5.74, 6) is -1.65. The summed E-state index contributed by atoms with van der Waals surface area (Å²) < 4.78 is 0. The minimum Gasteiger partial charge on any atom is -0.292 e. The predicted molar refractivity (Wildman–Crippen MR) is 75.0 cm³/mol. The highest BCUT2D eigenvalue weighted by molar-refractivity contribution is 6.31. The molecule has 0 saturated carbocycles. The van der Waals surface area contributed by atoms with E-state index in [2.05, 4.69) is 4.98 Å². The van der Waals surface area contributed by atoms with Crippen molar-refractivity contribution >= 4 is 23.1 Å². The Bertz CT molecular complexity index is 741. The van der Waals surface area contributed by atoms with E-state index < -0.39 is 16.6 Å². The second kappa shape index (κ2) is 6.11. The molecule has 0 saturated heterocycles. The fourth-order valence-electron chi connectivity index (χ4n) is 1.82. The van der Waals surface area contributed by atoms with Crippen LogP contribution >= 0.6 is 11.6 Å². The number of pyridine rings is 1. The highest BCUT2D eigenvalue weighted by Crippen LogP contribution is 2.25. The van der Waals surface area contributed by atoms with Crippen molar-refractivity contribution in [3.05, 3.63) is 69.0 Å². The van der Waals surface area contributed by atoms with E-state index in [-0.39, 0.29) is 16.3 Å². The Morgan fingerprint density at radius 2 is 2.19 bits per heavy atom. The van der Waals surface area contributed by atoms with Gasteiger partial charge in [0.25, 0.3) is 5.69 Å². The van der Waals surface area contributed by atoms with Crippen LogP contribution in [0.3, 0.4) is 0 Å². The van der Waals surface area contributed by atoms with Crippen molar-refractivity contribution in [3.63, 3.8) is 0 Å². The van der Waals surface area contributed by atoms with Crippen LogP contribution in [0.15, 0.2) is 42.7 Å². The van der Waals surface area contributed by atoms with Crippen LogP contribution in [0.1, 0.15) is 21.8 Å². The number of nitro groups is 1. The van der Waals surface area contributed by atoms with Gasteiger partial charge in [0.05, 0.1) is 11.0 Å². The fourth-order valence-corrected chi connectivity index (χ4v) is 2.05. The molecule has 1 aromatic heterocycles. The molecule has 1 heterocycles. The van der Waals surface area contributed by atoms with Gasteiger partial charge in [0.15, 0.2) is 5.78 Å². The normalized spacial score (nSPS) is 11.4. The van der Waals surface area contributed by atoms with Gasteiger partial charge in [-0.1, -0.05) is 17.7 Å². The maximum Gasteiger partial charge on any atom is 0.271 e. The predicted octanol–water partition coefficient (Wildman–Crippen LogP) is 3.13. The summed E-state index contributed by atoms with van der Waals surface area (Å²) in [5, 5.41) is 20.1. The van der Waals surface area contributed by atoms with Crippen LogP contribution in [0.4, 0.5) is 5.69 Å². The number of aromatic nitrogens is 1. The van der Waals surface area contributed by atoms with Gasteiger partial charge < -0.3 is 0 Å². The third kappa shape index (κ3) is 3.22. The van der Waals surface area contributed by atoms with Gasteiger partial charge in [-0.05, 0) is 17.7 Å². The molecule has 0 spiro atoms. The Balaban J connectivity index is 2.44. The summed E-state index contributed by atoms with van der Waals surface area (Å²) in [6.07, 6.45) is 2.93. The van der Waals surface area contributed by atoms with Crippen molar-refractivity contribution < 1.29 is 9.72 Å². The maximum absolute atomic E-state index is 12.4. The molecular weight excluding hydrogens is 294 g/mol. The van der Waals surface area contributed by atoms with Crippen LogP contribution in [-0.4, -0.2) is 15.7 Å². The number of benzene rings is 1. The highest BCUT2D eigenvalue weighted by Gasteiger charge is 2.24. The molecule has 0 aliphatic carbocycles. The smallest absolute Gasteiger partial charge is 0.271 e. The Morgan fingerprint density at radius 3 is 2.76 bits per heavy atom. The summed E-state index contributed by atoms with van der Waals surface area (Å²) in [6.45, 7) is 0. The summed E-state index contributed by atoms with van der Waals surface area (Å²) in [6, 6.07) is 8.63. The van der Waals surface area contributed by atoms with Crippen LogP contribution in [0, 0.1) is 21.4 Å². The van der Waals surface area contributed by atoms with E-state index >= 15 is 0 Å². The zero-order valence-electron chi connectivity index (χ0n) is 10.6. The number of Topliss-reactive ketones (excluding diaryl/α,β-unsaturated/α-hetero) is 1. The molecule has 21 heavy (non-hydrogen) atoms. The molecule has 2 aromatic rings. The lowest BCUT2D eigenvalue weighted by molar-refractivity contribution is -0.384. The van der Waals surface area contributed by atoms with Crippen LogP contribution in [0.2, 0.25) is 5.02 Å². The lowest BCUT2D eigenvalue weighted by Crippen LogP contribution is -2.12. The number of halogens is 1. The second-order valence-corrected chi connectivity index (χ2v) is 4.60. The van der Waals surface area contributed by atoms with E-state index in [4.69, 9.17) is 11.6 Å². The van der Waals surface area contributed by atoms with E-state index in [0.717, 1.165) is 12.1 Å². The number of nitriles is 1. The number of carbonyl (C=O) groups is 1. The van der Waals surface area contributed by atoms with Crippen molar-refractivity contribution in [3.8, 4) is 6.07 Å².